The van der Waals surface area contributed by atoms with Crippen molar-refractivity contribution in [2.45, 2.75) is 13.8 Å². The summed E-state index contributed by atoms with van der Waals surface area (Å²) in [5.41, 5.74) is 3.28. The van der Waals surface area contributed by atoms with Gasteiger partial charge in [-0.05, 0) is 13.8 Å². The van der Waals surface area contributed by atoms with Crippen LogP contribution in [0.5, 0.6) is 0 Å². The van der Waals surface area contributed by atoms with Crippen molar-refractivity contribution >= 4 is 16.6 Å². The third-order valence-electron chi connectivity index (χ3n) is 3.36. The second-order valence-electron chi connectivity index (χ2n) is 4.84. The summed E-state index contributed by atoms with van der Waals surface area (Å²) < 4.78 is 0. The highest BCUT2D eigenvalue weighted by Crippen LogP contribution is 2.29. The maximum atomic E-state index is 4.41. The lowest BCUT2D eigenvalue weighted by Crippen LogP contribution is -2.02. The number of aryl methyl sites for hydroxylation is 1. The van der Waals surface area contributed by atoms with Crippen molar-refractivity contribution in [3.05, 3.63) is 54.1 Å². The van der Waals surface area contributed by atoms with Gasteiger partial charge in [0.05, 0.1) is 0 Å². The Labute approximate surface area is 118 Å². The molecule has 0 spiro atoms. The summed E-state index contributed by atoms with van der Waals surface area (Å²) in [5.74, 6) is 0.846. The van der Waals surface area contributed by atoms with Crippen LogP contribution in [0, 0.1) is 6.92 Å². The number of anilines is 1. The minimum absolute atomic E-state index is 0.836. The average Bonchev–Trinajstić information content (AvgIpc) is 2.49. The maximum Gasteiger partial charge on any atom is 0.156 e. The Balaban J connectivity index is 2.22. The van der Waals surface area contributed by atoms with E-state index in [0.29, 0.717) is 0 Å². The summed E-state index contributed by atoms with van der Waals surface area (Å²) in [6, 6.07) is 16.6. The van der Waals surface area contributed by atoms with Gasteiger partial charge in [0.1, 0.15) is 5.69 Å². The predicted molar refractivity (Wildman–Crippen MR) is 83.9 cm³/mol. The molecule has 1 heterocycles. The van der Waals surface area contributed by atoms with E-state index in [2.05, 4.69) is 65.8 Å². The number of aromatic nitrogens is 2. The molecule has 3 nitrogen and oxygen atoms in total. The first-order valence-electron chi connectivity index (χ1n) is 6.86. The van der Waals surface area contributed by atoms with Crippen molar-refractivity contribution in [2.75, 3.05) is 11.9 Å². The number of fused-ring (bicyclic) bond motifs is 1. The van der Waals surface area contributed by atoms with Crippen LogP contribution in [0.3, 0.4) is 0 Å². The molecule has 0 aliphatic heterocycles. The topological polar surface area (TPSA) is 37.8 Å². The molecule has 0 bridgehead atoms. The van der Waals surface area contributed by atoms with Gasteiger partial charge >= 0.3 is 0 Å². The highest BCUT2D eigenvalue weighted by molar-refractivity contribution is 5.99. The van der Waals surface area contributed by atoms with Gasteiger partial charge in [0.2, 0.25) is 0 Å². The SMILES string of the molecule is CCNc1nnc(-c2ccc(C)cc2)c2ccccc12. The zero-order valence-electron chi connectivity index (χ0n) is 11.7. The monoisotopic (exact) mass is 263 g/mol. The second-order valence-corrected chi connectivity index (χ2v) is 4.84. The Bertz CT molecular complexity index is 733. The van der Waals surface area contributed by atoms with E-state index in [0.717, 1.165) is 34.4 Å². The quantitative estimate of drug-likeness (QED) is 0.775. The number of rotatable bonds is 3. The van der Waals surface area contributed by atoms with Gasteiger partial charge in [-0.15, -0.1) is 10.2 Å². The van der Waals surface area contributed by atoms with Crippen molar-refractivity contribution in [3.8, 4) is 11.3 Å². The molecule has 0 fully saturated rings. The first-order valence-corrected chi connectivity index (χ1v) is 6.86. The first kappa shape index (κ1) is 12.6. The highest BCUT2D eigenvalue weighted by atomic mass is 15.2. The third kappa shape index (κ3) is 2.23. The Morgan fingerprint density at radius 1 is 0.900 bits per heavy atom. The van der Waals surface area contributed by atoms with E-state index in [-0.39, 0.29) is 0 Å². The fourth-order valence-corrected chi connectivity index (χ4v) is 2.33. The molecule has 0 amide bonds. The van der Waals surface area contributed by atoms with Gasteiger partial charge in [-0.25, -0.2) is 0 Å². The molecular weight excluding hydrogens is 246 g/mol. The fourth-order valence-electron chi connectivity index (χ4n) is 2.33. The molecule has 0 unspecified atom stereocenters. The molecule has 100 valence electrons. The Morgan fingerprint density at radius 3 is 2.30 bits per heavy atom. The van der Waals surface area contributed by atoms with E-state index in [4.69, 9.17) is 0 Å². The Hall–Kier alpha value is -2.42. The molecule has 3 heteroatoms. The Kier molecular flexibility index (Phi) is 3.33. The maximum absolute atomic E-state index is 4.41. The fraction of sp³-hybridized carbons (Fsp3) is 0.176. The van der Waals surface area contributed by atoms with Crippen LogP contribution in [-0.4, -0.2) is 16.7 Å². The molecule has 20 heavy (non-hydrogen) atoms. The Morgan fingerprint density at radius 2 is 1.60 bits per heavy atom. The van der Waals surface area contributed by atoms with Crippen molar-refractivity contribution < 1.29 is 0 Å². The van der Waals surface area contributed by atoms with E-state index in [1.54, 1.807) is 0 Å². The zero-order valence-corrected chi connectivity index (χ0v) is 11.7. The standard InChI is InChI=1S/C17H17N3/c1-3-18-17-15-7-5-4-6-14(15)16(19-20-17)13-10-8-12(2)9-11-13/h4-11H,3H2,1-2H3,(H,18,20). The van der Waals surface area contributed by atoms with E-state index >= 15 is 0 Å². The lowest BCUT2D eigenvalue weighted by molar-refractivity contribution is 1.03. The van der Waals surface area contributed by atoms with E-state index < -0.39 is 0 Å². The van der Waals surface area contributed by atoms with Gasteiger partial charge in [-0.3, -0.25) is 0 Å². The van der Waals surface area contributed by atoms with Gasteiger partial charge in [0.15, 0.2) is 5.82 Å². The zero-order chi connectivity index (χ0) is 13.9. The van der Waals surface area contributed by atoms with Crippen molar-refractivity contribution in [2.24, 2.45) is 0 Å². The highest BCUT2D eigenvalue weighted by Gasteiger charge is 2.09. The molecule has 1 N–H and O–H groups in total. The number of nitrogens with zero attached hydrogens (tertiary/aromatic N) is 2. The molecule has 0 atom stereocenters. The molecule has 0 radical (unpaired) electrons. The van der Waals surface area contributed by atoms with E-state index in [9.17, 15) is 0 Å². The minimum Gasteiger partial charge on any atom is -0.368 e. The van der Waals surface area contributed by atoms with E-state index in [1.165, 1.54) is 5.56 Å². The van der Waals surface area contributed by atoms with Crippen LogP contribution >= 0.6 is 0 Å². The van der Waals surface area contributed by atoms with Crippen LogP contribution in [0.2, 0.25) is 0 Å². The summed E-state index contributed by atoms with van der Waals surface area (Å²) in [7, 11) is 0. The summed E-state index contributed by atoms with van der Waals surface area (Å²) >= 11 is 0. The minimum atomic E-state index is 0.836. The smallest absolute Gasteiger partial charge is 0.156 e. The van der Waals surface area contributed by atoms with Crippen LogP contribution in [0.4, 0.5) is 5.82 Å². The average molecular weight is 263 g/mol. The molecule has 0 saturated carbocycles. The predicted octanol–water partition coefficient (Wildman–Crippen LogP) is 4.04. The van der Waals surface area contributed by atoms with Gasteiger partial charge in [0.25, 0.3) is 0 Å². The lowest BCUT2D eigenvalue weighted by Gasteiger charge is -2.10. The molecular formula is C17H17N3. The first-order chi connectivity index (χ1) is 9.79. The molecule has 3 rings (SSSR count). The van der Waals surface area contributed by atoms with Crippen LogP contribution in [0.25, 0.3) is 22.0 Å². The van der Waals surface area contributed by atoms with Crippen molar-refractivity contribution in [3.63, 3.8) is 0 Å². The van der Waals surface area contributed by atoms with Gasteiger partial charge in [0, 0.05) is 22.9 Å². The normalized spacial score (nSPS) is 10.7. The number of nitrogens with one attached hydrogen (secondary N) is 1. The molecule has 1 aromatic heterocycles. The van der Waals surface area contributed by atoms with Gasteiger partial charge in [-0.1, -0.05) is 54.1 Å². The lowest BCUT2D eigenvalue weighted by atomic mass is 10.0. The molecule has 0 aliphatic rings. The second kappa shape index (κ2) is 5.29. The molecule has 3 aromatic rings. The molecule has 0 saturated heterocycles. The van der Waals surface area contributed by atoms with Crippen molar-refractivity contribution in [1.29, 1.82) is 0 Å². The number of hydrogen-bond donors (Lipinski definition) is 1. The summed E-state index contributed by atoms with van der Waals surface area (Å²) in [6.45, 7) is 4.98. The summed E-state index contributed by atoms with van der Waals surface area (Å²) in [6.07, 6.45) is 0. The summed E-state index contributed by atoms with van der Waals surface area (Å²) in [4.78, 5) is 0. The van der Waals surface area contributed by atoms with Gasteiger partial charge in [-0.2, -0.15) is 0 Å². The van der Waals surface area contributed by atoms with E-state index in [1.807, 2.05) is 12.1 Å². The van der Waals surface area contributed by atoms with Crippen molar-refractivity contribution in [1.82, 2.24) is 10.2 Å². The molecule has 2 aromatic carbocycles. The van der Waals surface area contributed by atoms with Crippen LogP contribution in [-0.2, 0) is 0 Å². The number of benzene rings is 2. The largest absolute Gasteiger partial charge is 0.368 e. The van der Waals surface area contributed by atoms with Gasteiger partial charge < -0.3 is 5.32 Å². The van der Waals surface area contributed by atoms with Crippen LogP contribution in [0.1, 0.15) is 12.5 Å². The van der Waals surface area contributed by atoms with Crippen LogP contribution in [0.15, 0.2) is 48.5 Å². The van der Waals surface area contributed by atoms with Crippen LogP contribution < -0.4 is 5.32 Å². The third-order valence-corrected chi connectivity index (χ3v) is 3.36. The summed E-state index contributed by atoms with van der Waals surface area (Å²) in [5, 5.41) is 14.3. The molecule has 0 aliphatic carbocycles. The number of hydrogen-bond acceptors (Lipinski definition) is 3.